The number of methoxy groups -OCH3 is 1. The Morgan fingerprint density at radius 3 is 2.39 bits per heavy atom. The number of halogens is 1. The van der Waals surface area contributed by atoms with E-state index in [2.05, 4.69) is 0 Å². The van der Waals surface area contributed by atoms with E-state index in [9.17, 15) is 10.1 Å². The van der Waals surface area contributed by atoms with Crippen molar-refractivity contribution in [2.24, 2.45) is 5.73 Å². The number of nitrogens with zero attached hydrogens (tertiary/aromatic N) is 1. The van der Waals surface area contributed by atoms with Crippen LogP contribution in [0.2, 0.25) is 0 Å². The van der Waals surface area contributed by atoms with Gasteiger partial charge in [0.05, 0.1) is 12.0 Å². The van der Waals surface area contributed by atoms with Crippen molar-refractivity contribution in [2.45, 2.75) is 6.61 Å². The summed E-state index contributed by atoms with van der Waals surface area (Å²) in [5.41, 5.74) is 6.79. The van der Waals surface area contributed by atoms with Gasteiger partial charge in [0.1, 0.15) is 12.4 Å². The van der Waals surface area contributed by atoms with Crippen LogP contribution in [0.1, 0.15) is 11.1 Å². The third kappa shape index (κ3) is 4.58. The Morgan fingerprint density at radius 1 is 1.22 bits per heavy atom. The molecule has 0 aromatic heterocycles. The third-order valence-electron chi connectivity index (χ3n) is 3.02. The molecule has 0 saturated heterocycles. The number of rotatable bonds is 6. The topological polar surface area (TPSA) is 111 Å². The second-order valence-corrected chi connectivity index (χ2v) is 4.49. The van der Waals surface area contributed by atoms with Gasteiger partial charge in [-0.2, -0.15) is 0 Å². The van der Waals surface area contributed by atoms with Gasteiger partial charge in [0.2, 0.25) is 0 Å². The number of amidine groups is 1. The van der Waals surface area contributed by atoms with Crippen LogP contribution in [-0.4, -0.2) is 17.9 Å². The van der Waals surface area contributed by atoms with Crippen molar-refractivity contribution >= 4 is 23.9 Å². The lowest BCUT2D eigenvalue weighted by atomic mass is 10.2. The van der Waals surface area contributed by atoms with E-state index < -0.39 is 4.92 Å². The first-order valence-electron chi connectivity index (χ1n) is 6.40. The summed E-state index contributed by atoms with van der Waals surface area (Å²) in [6, 6.07) is 11.1. The molecule has 0 amide bonds. The van der Waals surface area contributed by atoms with Crippen molar-refractivity contribution in [1.82, 2.24) is 0 Å². The molecule has 23 heavy (non-hydrogen) atoms. The molecule has 8 heteroatoms. The zero-order valence-electron chi connectivity index (χ0n) is 12.3. The number of hydrogen-bond acceptors (Lipinski definition) is 5. The average Bonchev–Trinajstić information content (AvgIpc) is 2.52. The first-order chi connectivity index (χ1) is 10.5. The van der Waals surface area contributed by atoms with Crippen molar-refractivity contribution in [3.8, 4) is 11.5 Å². The van der Waals surface area contributed by atoms with Crippen LogP contribution in [0.25, 0.3) is 0 Å². The Kier molecular flexibility index (Phi) is 6.35. The number of benzene rings is 2. The monoisotopic (exact) mass is 337 g/mol. The van der Waals surface area contributed by atoms with Crippen LogP contribution in [0.3, 0.4) is 0 Å². The number of ether oxygens (including phenoxy) is 2. The van der Waals surface area contributed by atoms with E-state index in [-0.39, 0.29) is 30.5 Å². The SMILES string of the molecule is COc1cc(C(=N)N)ccc1OCc1ccc([N+](=O)[O-])cc1.Cl. The molecule has 0 aliphatic heterocycles. The average molecular weight is 338 g/mol. The Hall–Kier alpha value is -2.80. The van der Waals surface area contributed by atoms with Crippen LogP contribution in [0.15, 0.2) is 42.5 Å². The summed E-state index contributed by atoms with van der Waals surface area (Å²) in [5.74, 6) is 0.917. The molecule has 0 saturated carbocycles. The molecular weight excluding hydrogens is 322 g/mol. The Balaban J connectivity index is 0.00000264. The molecule has 0 atom stereocenters. The highest BCUT2D eigenvalue weighted by atomic mass is 35.5. The predicted molar refractivity (Wildman–Crippen MR) is 88.7 cm³/mol. The maximum atomic E-state index is 10.6. The maximum absolute atomic E-state index is 10.6. The van der Waals surface area contributed by atoms with Gasteiger partial charge in [-0.25, -0.2) is 0 Å². The minimum absolute atomic E-state index is 0. The van der Waals surface area contributed by atoms with Crippen LogP contribution in [-0.2, 0) is 6.61 Å². The number of nitrogens with one attached hydrogen (secondary N) is 1. The van der Waals surface area contributed by atoms with Gasteiger partial charge in [-0.3, -0.25) is 15.5 Å². The summed E-state index contributed by atoms with van der Waals surface area (Å²) in [5, 5.41) is 18.0. The highest BCUT2D eigenvalue weighted by Gasteiger charge is 2.09. The van der Waals surface area contributed by atoms with Gasteiger partial charge < -0.3 is 15.2 Å². The lowest BCUT2D eigenvalue weighted by Crippen LogP contribution is -2.11. The molecule has 0 bridgehead atoms. The lowest BCUT2D eigenvalue weighted by Gasteiger charge is -2.12. The van der Waals surface area contributed by atoms with E-state index in [1.165, 1.54) is 19.2 Å². The molecular formula is C15H16ClN3O4. The molecule has 0 aliphatic rings. The van der Waals surface area contributed by atoms with Crippen molar-refractivity contribution < 1.29 is 14.4 Å². The fourth-order valence-corrected chi connectivity index (χ4v) is 1.83. The Morgan fingerprint density at radius 2 is 1.87 bits per heavy atom. The highest BCUT2D eigenvalue weighted by Crippen LogP contribution is 2.28. The summed E-state index contributed by atoms with van der Waals surface area (Å²) in [4.78, 5) is 10.1. The van der Waals surface area contributed by atoms with Crippen LogP contribution in [0.4, 0.5) is 5.69 Å². The summed E-state index contributed by atoms with van der Waals surface area (Å²) in [6.45, 7) is 0.244. The molecule has 3 N–H and O–H groups in total. The van der Waals surface area contributed by atoms with E-state index in [1.54, 1.807) is 30.3 Å². The second-order valence-electron chi connectivity index (χ2n) is 4.49. The fraction of sp³-hybridized carbons (Fsp3) is 0.133. The number of nitrogens with two attached hydrogens (primary N) is 1. The molecule has 2 aromatic carbocycles. The number of hydrogen-bond donors (Lipinski definition) is 2. The number of non-ortho nitro benzene ring substituents is 1. The normalized spacial score (nSPS) is 9.61. The largest absolute Gasteiger partial charge is 0.493 e. The number of nitro groups is 1. The van der Waals surface area contributed by atoms with E-state index in [4.69, 9.17) is 20.6 Å². The Labute approximate surface area is 139 Å². The van der Waals surface area contributed by atoms with Gasteiger partial charge in [0, 0.05) is 17.7 Å². The summed E-state index contributed by atoms with van der Waals surface area (Å²) in [7, 11) is 1.50. The van der Waals surface area contributed by atoms with Crippen molar-refractivity contribution in [3.63, 3.8) is 0 Å². The molecule has 2 aromatic rings. The van der Waals surface area contributed by atoms with E-state index in [0.717, 1.165) is 5.56 Å². The fourth-order valence-electron chi connectivity index (χ4n) is 1.83. The van der Waals surface area contributed by atoms with Gasteiger partial charge in [-0.15, -0.1) is 12.4 Å². The molecule has 0 spiro atoms. The van der Waals surface area contributed by atoms with Crippen molar-refractivity contribution in [3.05, 3.63) is 63.7 Å². The summed E-state index contributed by atoms with van der Waals surface area (Å²) in [6.07, 6.45) is 0. The lowest BCUT2D eigenvalue weighted by molar-refractivity contribution is -0.384. The van der Waals surface area contributed by atoms with Crippen LogP contribution >= 0.6 is 12.4 Å². The van der Waals surface area contributed by atoms with E-state index in [1.807, 2.05) is 0 Å². The molecule has 0 radical (unpaired) electrons. The van der Waals surface area contributed by atoms with Crippen LogP contribution in [0, 0.1) is 15.5 Å². The van der Waals surface area contributed by atoms with Crippen LogP contribution < -0.4 is 15.2 Å². The van der Waals surface area contributed by atoms with Crippen molar-refractivity contribution in [2.75, 3.05) is 7.11 Å². The first-order valence-corrected chi connectivity index (χ1v) is 6.40. The highest BCUT2D eigenvalue weighted by molar-refractivity contribution is 5.95. The predicted octanol–water partition coefficient (Wildman–Crippen LogP) is 2.89. The first kappa shape index (κ1) is 18.2. The molecule has 0 heterocycles. The van der Waals surface area contributed by atoms with Gasteiger partial charge in [0.25, 0.3) is 5.69 Å². The summed E-state index contributed by atoms with van der Waals surface area (Å²) >= 11 is 0. The van der Waals surface area contributed by atoms with Gasteiger partial charge >= 0.3 is 0 Å². The quantitative estimate of drug-likeness (QED) is 0.364. The number of nitrogen functional groups attached to an aromatic ring is 1. The minimum atomic E-state index is -0.450. The van der Waals surface area contributed by atoms with Crippen molar-refractivity contribution in [1.29, 1.82) is 5.41 Å². The van der Waals surface area contributed by atoms with E-state index >= 15 is 0 Å². The molecule has 2 rings (SSSR count). The zero-order valence-corrected chi connectivity index (χ0v) is 13.1. The third-order valence-corrected chi connectivity index (χ3v) is 3.02. The smallest absolute Gasteiger partial charge is 0.269 e. The zero-order chi connectivity index (χ0) is 16.1. The standard InChI is InChI=1S/C15H15N3O4.ClH/c1-21-14-8-11(15(16)17)4-7-13(14)22-9-10-2-5-12(6-3-10)18(19)20;/h2-8H,9H2,1H3,(H3,16,17);1H. The molecule has 0 fully saturated rings. The van der Waals surface area contributed by atoms with Crippen LogP contribution in [0.5, 0.6) is 11.5 Å². The molecule has 0 aliphatic carbocycles. The second kappa shape index (κ2) is 8.00. The molecule has 122 valence electrons. The Bertz CT molecular complexity index is 704. The molecule has 0 unspecified atom stereocenters. The summed E-state index contributed by atoms with van der Waals surface area (Å²) < 4.78 is 10.9. The van der Waals surface area contributed by atoms with Gasteiger partial charge in [0.15, 0.2) is 11.5 Å². The van der Waals surface area contributed by atoms with Gasteiger partial charge in [-0.05, 0) is 35.9 Å². The van der Waals surface area contributed by atoms with Gasteiger partial charge in [-0.1, -0.05) is 0 Å². The minimum Gasteiger partial charge on any atom is -0.493 e. The maximum Gasteiger partial charge on any atom is 0.269 e. The van der Waals surface area contributed by atoms with E-state index in [0.29, 0.717) is 17.1 Å². The molecule has 7 nitrogen and oxygen atoms in total. The number of nitro benzene ring substituents is 1.